The summed E-state index contributed by atoms with van der Waals surface area (Å²) in [6, 6.07) is 24.6. The first kappa shape index (κ1) is 28.9. The van der Waals surface area contributed by atoms with Gasteiger partial charge in [0, 0.05) is 67.7 Å². The molecule has 2 fully saturated rings. The third-order valence-corrected chi connectivity index (χ3v) is 8.73. The minimum absolute atomic E-state index is 0.130. The molecule has 4 aromatic rings. The molecule has 1 amide bonds. The lowest BCUT2D eigenvalue weighted by Crippen LogP contribution is -2.47. The fourth-order valence-corrected chi connectivity index (χ4v) is 6.28. The number of piperazine rings is 1. The second-order valence-electron chi connectivity index (χ2n) is 11.1. The molecule has 3 aromatic carbocycles. The number of halogens is 2. The molecule has 7 nitrogen and oxygen atoms in total. The summed E-state index contributed by atoms with van der Waals surface area (Å²) < 4.78 is 0. The zero-order chi connectivity index (χ0) is 28.9. The smallest absolute Gasteiger partial charge is 0.222 e. The van der Waals surface area contributed by atoms with Crippen molar-refractivity contribution in [3.63, 3.8) is 0 Å². The number of nitrogens with zero attached hydrogens (tertiary/aromatic N) is 5. The molecule has 42 heavy (non-hydrogen) atoms. The fraction of sp³-hybridized carbons (Fsp3) is 0.364. The number of hydrogen-bond donors (Lipinski definition) is 1. The molecule has 0 aliphatic carbocycles. The van der Waals surface area contributed by atoms with Gasteiger partial charge in [-0.1, -0.05) is 59.6 Å². The van der Waals surface area contributed by atoms with Gasteiger partial charge >= 0.3 is 0 Å². The van der Waals surface area contributed by atoms with Gasteiger partial charge in [-0.2, -0.15) is 0 Å². The van der Waals surface area contributed by atoms with E-state index in [4.69, 9.17) is 33.2 Å². The van der Waals surface area contributed by atoms with E-state index in [2.05, 4.69) is 51.5 Å². The summed E-state index contributed by atoms with van der Waals surface area (Å²) in [5.74, 6) is 1.97. The van der Waals surface area contributed by atoms with E-state index in [1.165, 1.54) is 11.1 Å². The van der Waals surface area contributed by atoms with Crippen LogP contribution in [-0.2, 0) is 11.3 Å². The number of amides is 1. The standard InChI is InChI=1S/C33H36Cl2N6O/c34-26-12-8-24(9-13-26)32(25-10-14-27(35)15-11-25)41-21-19-39(20-22-41)23-30-37-29-6-2-1-5-28(29)33(38-30)36-16-4-18-40-17-3-7-31(40)42/h1-2,5-6,8-15,32H,3-4,7,16-23H2,(H,36,37,38). The molecule has 2 saturated heterocycles. The van der Waals surface area contributed by atoms with Crippen LogP contribution in [0.3, 0.4) is 0 Å². The number of para-hydroxylation sites is 1. The second kappa shape index (κ2) is 13.4. The van der Waals surface area contributed by atoms with E-state index in [1.807, 2.05) is 41.3 Å². The van der Waals surface area contributed by atoms with Gasteiger partial charge in [-0.15, -0.1) is 0 Å². The molecule has 0 atom stereocenters. The van der Waals surface area contributed by atoms with Crippen LogP contribution >= 0.6 is 23.2 Å². The van der Waals surface area contributed by atoms with Crippen LogP contribution in [0.25, 0.3) is 10.9 Å². The predicted molar refractivity (Wildman–Crippen MR) is 170 cm³/mol. The minimum atomic E-state index is 0.130. The molecule has 1 N–H and O–H groups in total. The molecule has 0 saturated carbocycles. The molecule has 0 bridgehead atoms. The third-order valence-electron chi connectivity index (χ3n) is 8.23. The molecular formula is C33H36Cl2N6O. The summed E-state index contributed by atoms with van der Waals surface area (Å²) in [5.41, 5.74) is 3.39. The number of nitrogens with one attached hydrogen (secondary N) is 1. The number of benzene rings is 3. The summed E-state index contributed by atoms with van der Waals surface area (Å²) in [6.07, 6.45) is 2.55. The van der Waals surface area contributed by atoms with E-state index in [-0.39, 0.29) is 11.9 Å². The predicted octanol–water partition coefficient (Wildman–Crippen LogP) is 6.27. The Morgan fingerprint density at radius 1 is 0.810 bits per heavy atom. The Morgan fingerprint density at radius 2 is 1.48 bits per heavy atom. The summed E-state index contributed by atoms with van der Waals surface area (Å²) in [7, 11) is 0. The number of carbonyl (C=O) groups excluding carboxylic acids is 1. The van der Waals surface area contributed by atoms with Gasteiger partial charge in [-0.05, 0) is 60.4 Å². The Bertz CT molecular complexity index is 1460. The molecule has 218 valence electrons. The summed E-state index contributed by atoms with van der Waals surface area (Å²) >= 11 is 12.4. The van der Waals surface area contributed by atoms with E-state index in [0.29, 0.717) is 13.0 Å². The van der Waals surface area contributed by atoms with E-state index in [9.17, 15) is 4.79 Å². The van der Waals surface area contributed by atoms with Crippen molar-refractivity contribution in [1.29, 1.82) is 0 Å². The maximum Gasteiger partial charge on any atom is 0.222 e. The van der Waals surface area contributed by atoms with Crippen LogP contribution in [0.4, 0.5) is 5.82 Å². The lowest BCUT2D eigenvalue weighted by Gasteiger charge is -2.39. The maximum atomic E-state index is 11.9. The highest BCUT2D eigenvalue weighted by Gasteiger charge is 2.27. The molecule has 1 aromatic heterocycles. The van der Waals surface area contributed by atoms with Gasteiger partial charge in [-0.3, -0.25) is 14.6 Å². The number of anilines is 1. The van der Waals surface area contributed by atoms with Crippen molar-refractivity contribution in [3.05, 3.63) is 99.8 Å². The summed E-state index contributed by atoms with van der Waals surface area (Å²) in [5, 5.41) is 6.04. The molecule has 3 heterocycles. The van der Waals surface area contributed by atoms with Crippen LogP contribution in [0.1, 0.15) is 42.3 Å². The average Bonchev–Trinajstić information content (AvgIpc) is 3.42. The molecular weight excluding hydrogens is 567 g/mol. The molecule has 2 aliphatic heterocycles. The summed E-state index contributed by atoms with van der Waals surface area (Å²) in [4.78, 5) is 28.7. The summed E-state index contributed by atoms with van der Waals surface area (Å²) in [6.45, 7) is 6.81. The minimum Gasteiger partial charge on any atom is -0.369 e. The second-order valence-corrected chi connectivity index (χ2v) is 12.0. The molecule has 9 heteroatoms. The monoisotopic (exact) mass is 602 g/mol. The average molecular weight is 604 g/mol. The lowest BCUT2D eigenvalue weighted by molar-refractivity contribution is -0.127. The van der Waals surface area contributed by atoms with E-state index < -0.39 is 0 Å². The van der Waals surface area contributed by atoms with Crippen molar-refractivity contribution >= 4 is 45.8 Å². The van der Waals surface area contributed by atoms with E-state index >= 15 is 0 Å². The SMILES string of the molecule is O=C1CCCN1CCCNc1nc(CN2CCN(C(c3ccc(Cl)cc3)c3ccc(Cl)cc3)CC2)nc2ccccc12. The van der Waals surface area contributed by atoms with Gasteiger partial charge in [0.1, 0.15) is 11.6 Å². The molecule has 0 spiro atoms. The van der Waals surface area contributed by atoms with Gasteiger partial charge in [0.2, 0.25) is 5.91 Å². The van der Waals surface area contributed by atoms with Gasteiger partial charge in [0.25, 0.3) is 0 Å². The molecule has 0 unspecified atom stereocenters. The first-order valence-corrected chi connectivity index (χ1v) is 15.5. The molecule has 2 aliphatic rings. The number of likely N-dealkylation sites (tertiary alicyclic amines) is 1. The van der Waals surface area contributed by atoms with Gasteiger partial charge in [0.05, 0.1) is 18.1 Å². The largest absolute Gasteiger partial charge is 0.369 e. The van der Waals surface area contributed by atoms with Crippen molar-refractivity contribution in [1.82, 2.24) is 24.7 Å². The van der Waals surface area contributed by atoms with Crippen molar-refractivity contribution in [2.24, 2.45) is 0 Å². The Hall–Kier alpha value is -3.23. The first-order chi connectivity index (χ1) is 20.5. The lowest BCUT2D eigenvalue weighted by atomic mass is 9.96. The van der Waals surface area contributed by atoms with Crippen molar-refractivity contribution in [2.75, 3.05) is 51.1 Å². The zero-order valence-corrected chi connectivity index (χ0v) is 25.2. The Balaban J connectivity index is 1.12. The van der Waals surface area contributed by atoms with Gasteiger partial charge in [0.15, 0.2) is 0 Å². The van der Waals surface area contributed by atoms with E-state index in [0.717, 1.165) is 91.2 Å². The highest BCUT2D eigenvalue weighted by molar-refractivity contribution is 6.30. The zero-order valence-electron chi connectivity index (χ0n) is 23.7. The maximum absolute atomic E-state index is 11.9. The van der Waals surface area contributed by atoms with Crippen LogP contribution in [0, 0.1) is 0 Å². The van der Waals surface area contributed by atoms with Gasteiger partial charge < -0.3 is 10.2 Å². The molecule has 6 rings (SSSR count). The fourth-order valence-electron chi connectivity index (χ4n) is 6.03. The quantitative estimate of drug-likeness (QED) is 0.216. The molecule has 0 radical (unpaired) electrons. The normalized spacial score (nSPS) is 16.5. The number of hydrogen-bond acceptors (Lipinski definition) is 6. The number of aromatic nitrogens is 2. The number of fused-ring (bicyclic) bond motifs is 1. The van der Waals surface area contributed by atoms with Gasteiger partial charge in [-0.25, -0.2) is 9.97 Å². The van der Waals surface area contributed by atoms with Crippen molar-refractivity contribution in [3.8, 4) is 0 Å². The van der Waals surface area contributed by atoms with E-state index in [1.54, 1.807) is 0 Å². The van der Waals surface area contributed by atoms with Crippen LogP contribution in [0.5, 0.6) is 0 Å². The Labute approximate surface area is 257 Å². The number of rotatable bonds is 10. The first-order valence-electron chi connectivity index (χ1n) is 14.8. The topological polar surface area (TPSA) is 64.6 Å². The van der Waals surface area contributed by atoms with Crippen LogP contribution in [0.2, 0.25) is 10.0 Å². The number of carbonyl (C=O) groups is 1. The Morgan fingerprint density at radius 3 is 2.12 bits per heavy atom. The highest BCUT2D eigenvalue weighted by atomic mass is 35.5. The highest BCUT2D eigenvalue weighted by Crippen LogP contribution is 2.31. The van der Waals surface area contributed by atoms with Crippen LogP contribution in [0.15, 0.2) is 72.8 Å². The van der Waals surface area contributed by atoms with Crippen LogP contribution in [-0.4, -0.2) is 76.4 Å². The van der Waals surface area contributed by atoms with Crippen LogP contribution < -0.4 is 5.32 Å². The third kappa shape index (κ3) is 6.87. The van der Waals surface area contributed by atoms with Crippen molar-refractivity contribution in [2.45, 2.75) is 31.8 Å². The Kier molecular flexibility index (Phi) is 9.20. The van der Waals surface area contributed by atoms with Crippen molar-refractivity contribution < 1.29 is 4.79 Å².